The van der Waals surface area contributed by atoms with Gasteiger partial charge in [0.05, 0.1) is 21.9 Å². The Bertz CT molecular complexity index is 1570. The van der Waals surface area contributed by atoms with Crippen LogP contribution >= 0.6 is 11.8 Å². The number of pyridine rings is 1. The van der Waals surface area contributed by atoms with Crippen LogP contribution in [0.5, 0.6) is 0 Å². The SMILES string of the molecule is CC(N(C)Cc1cc(CC(C)(C)O)c2cc(-c3n[nH]c4c3SC(C)(c3cc[nH]c(=O)c3)C4)[nH]c2c1)C(C)(C)C. The quantitative estimate of drug-likeness (QED) is 0.228. The zero-order valence-electron chi connectivity index (χ0n) is 24.3. The van der Waals surface area contributed by atoms with Gasteiger partial charge in [-0.05, 0) is 75.0 Å². The Morgan fingerprint density at radius 2 is 1.92 bits per heavy atom. The van der Waals surface area contributed by atoms with Gasteiger partial charge in [-0.15, -0.1) is 11.8 Å². The van der Waals surface area contributed by atoms with E-state index in [9.17, 15) is 9.90 Å². The Labute approximate surface area is 234 Å². The van der Waals surface area contributed by atoms with E-state index in [2.05, 4.69) is 79.8 Å². The Kier molecular flexibility index (Phi) is 6.89. The van der Waals surface area contributed by atoms with Crippen LogP contribution in [0.3, 0.4) is 0 Å². The molecular formula is C31H41N5O2S. The smallest absolute Gasteiger partial charge is 0.248 e. The van der Waals surface area contributed by atoms with Crippen molar-refractivity contribution in [3.63, 3.8) is 0 Å². The summed E-state index contributed by atoms with van der Waals surface area (Å²) in [6, 6.07) is 10.7. The van der Waals surface area contributed by atoms with Gasteiger partial charge in [-0.3, -0.25) is 14.8 Å². The third kappa shape index (κ3) is 5.60. The van der Waals surface area contributed by atoms with Gasteiger partial charge in [-0.2, -0.15) is 5.10 Å². The van der Waals surface area contributed by atoms with E-state index in [1.807, 2.05) is 19.9 Å². The molecule has 2 unspecified atom stereocenters. The maximum atomic E-state index is 12.0. The van der Waals surface area contributed by atoms with Gasteiger partial charge in [0.2, 0.25) is 5.56 Å². The second-order valence-electron chi connectivity index (χ2n) is 13.2. The predicted octanol–water partition coefficient (Wildman–Crippen LogP) is 5.99. The topological polar surface area (TPSA) is 101 Å². The van der Waals surface area contributed by atoms with Crippen LogP contribution < -0.4 is 5.56 Å². The lowest BCUT2D eigenvalue weighted by Gasteiger charge is -2.35. The van der Waals surface area contributed by atoms with Crippen LogP contribution in [0.25, 0.3) is 22.3 Å². The summed E-state index contributed by atoms with van der Waals surface area (Å²) in [4.78, 5) is 21.9. The van der Waals surface area contributed by atoms with Crippen molar-refractivity contribution in [1.82, 2.24) is 25.1 Å². The molecule has 0 radical (unpaired) electrons. The van der Waals surface area contributed by atoms with Gasteiger partial charge in [-0.25, -0.2) is 0 Å². The largest absolute Gasteiger partial charge is 0.390 e. The number of nitrogens with zero attached hydrogens (tertiary/aromatic N) is 2. The molecule has 8 heteroatoms. The van der Waals surface area contributed by atoms with Gasteiger partial charge in [0, 0.05) is 53.3 Å². The van der Waals surface area contributed by atoms with E-state index in [4.69, 9.17) is 5.10 Å². The van der Waals surface area contributed by atoms with Crippen molar-refractivity contribution in [2.24, 2.45) is 5.41 Å². The number of benzene rings is 1. The second-order valence-corrected chi connectivity index (χ2v) is 14.7. The van der Waals surface area contributed by atoms with Gasteiger partial charge in [0.25, 0.3) is 0 Å². The molecule has 1 aliphatic rings. The summed E-state index contributed by atoms with van der Waals surface area (Å²) in [6.07, 6.45) is 3.05. The van der Waals surface area contributed by atoms with E-state index in [1.54, 1.807) is 24.0 Å². The van der Waals surface area contributed by atoms with Gasteiger partial charge in [0.15, 0.2) is 0 Å². The molecule has 208 valence electrons. The number of fused-ring (bicyclic) bond motifs is 2. The van der Waals surface area contributed by atoms with Crippen LogP contribution in [0, 0.1) is 5.41 Å². The van der Waals surface area contributed by atoms with Crippen LogP contribution in [0.4, 0.5) is 0 Å². The molecule has 0 saturated carbocycles. The molecule has 4 aromatic rings. The molecule has 3 aromatic heterocycles. The van der Waals surface area contributed by atoms with Crippen molar-refractivity contribution >= 4 is 22.7 Å². The molecule has 5 rings (SSSR count). The van der Waals surface area contributed by atoms with Crippen molar-refractivity contribution in [3.05, 3.63) is 69.3 Å². The molecular weight excluding hydrogens is 506 g/mol. The monoisotopic (exact) mass is 547 g/mol. The van der Waals surface area contributed by atoms with Crippen molar-refractivity contribution in [3.8, 4) is 11.4 Å². The number of aliphatic hydroxyl groups is 1. The highest BCUT2D eigenvalue weighted by molar-refractivity contribution is 8.00. The number of thioether (sulfide) groups is 1. The summed E-state index contributed by atoms with van der Waals surface area (Å²) in [5.41, 5.74) is 6.61. The van der Waals surface area contributed by atoms with E-state index < -0.39 is 5.60 Å². The zero-order valence-corrected chi connectivity index (χ0v) is 25.1. The second kappa shape index (κ2) is 9.68. The highest BCUT2D eigenvalue weighted by Crippen LogP contribution is 2.53. The number of aromatic amines is 3. The van der Waals surface area contributed by atoms with Crippen LogP contribution in [-0.2, 0) is 24.1 Å². The Morgan fingerprint density at radius 3 is 2.59 bits per heavy atom. The number of hydrogen-bond donors (Lipinski definition) is 4. The molecule has 7 nitrogen and oxygen atoms in total. The first kappa shape index (κ1) is 27.7. The number of hydrogen-bond acceptors (Lipinski definition) is 5. The molecule has 0 bridgehead atoms. The van der Waals surface area contributed by atoms with Crippen LogP contribution in [-0.4, -0.2) is 48.9 Å². The third-order valence-electron chi connectivity index (χ3n) is 8.13. The average molecular weight is 548 g/mol. The lowest BCUT2D eigenvalue weighted by molar-refractivity contribution is 0.0813. The van der Waals surface area contributed by atoms with E-state index >= 15 is 0 Å². The Balaban J connectivity index is 1.52. The fraction of sp³-hybridized carbons (Fsp3) is 0.484. The molecule has 0 spiro atoms. The maximum Gasteiger partial charge on any atom is 0.248 e. The summed E-state index contributed by atoms with van der Waals surface area (Å²) in [5.74, 6) is 0. The van der Waals surface area contributed by atoms with Crippen LogP contribution in [0.15, 0.2) is 46.2 Å². The minimum Gasteiger partial charge on any atom is -0.390 e. The lowest BCUT2D eigenvalue weighted by atomic mass is 9.87. The molecule has 4 heterocycles. The summed E-state index contributed by atoms with van der Waals surface area (Å²) in [7, 11) is 2.18. The molecule has 0 aliphatic carbocycles. The van der Waals surface area contributed by atoms with Gasteiger partial charge in [0.1, 0.15) is 5.69 Å². The molecule has 0 saturated heterocycles. The Morgan fingerprint density at radius 1 is 1.18 bits per heavy atom. The predicted molar refractivity (Wildman–Crippen MR) is 160 cm³/mol. The van der Waals surface area contributed by atoms with Gasteiger partial charge < -0.3 is 15.1 Å². The lowest BCUT2D eigenvalue weighted by Crippen LogP contribution is -2.38. The molecule has 1 aliphatic heterocycles. The van der Waals surface area contributed by atoms with Gasteiger partial charge >= 0.3 is 0 Å². The number of aromatic nitrogens is 4. The maximum absolute atomic E-state index is 12.0. The van der Waals surface area contributed by atoms with E-state index in [1.165, 1.54) is 5.56 Å². The van der Waals surface area contributed by atoms with Gasteiger partial charge in [-0.1, -0.05) is 26.8 Å². The first-order valence-electron chi connectivity index (χ1n) is 13.7. The number of rotatable bonds is 7. The van der Waals surface area contributed by atoms with E-state index in [0.717, 1.165) is 57.0 Å². The summed E-state index contributed by atoms with van der Waals surface area (Å²) >= 11 is 1.76. The van der Waals surface area contributed by atoms with Crippen LogP contribution in [0.1, 0.15) is 70.9 Å². The summed E-state index contributed by atoms with van der Waals surface area (Å²) < 4.78 is -0.243. The standard InChI is InChI=1S/C31H41N5O2S/c1-18(29(2,3)4)36(8)17-19-11-20(15-30(5,6)38)22-14-24(33-23(22)12-19)27-28-25(34-35-27)16-31(7,39-28)21-9-10-32-26(37)13-21/h9-14,18,33,38H,15-17H2,1-8H3,(H,32,37)(H,34,35). The summed E-state index contributed by atoms with van der Waals surface area (Å²) in [5, 5.41) is 19.8. The molecule has 2 atom stereocenters. The highest BCUT2D eigenvalue weighted by atomic mass is 32.2. The van der Waals surface area contributed by atoms with E-state index in [0.29, 0.717) is 12.5 Å². The molecule has 39 heavy (non-hydrogen) atoms. The highest BCUT2D eigenvalue weighted by Gasteiger charge is 2.39. The fourth-order valence-corrected chi connectivity index (χ4v) is 7.01. The fourth-order valence-electron chi connectivity index (χ4n) is 5.61. The molecule has 4 N–H and O–H groups in total. The average Bonchev–Trinajstić information content (AvgIpc) is 3.49. The van der Waals surface area contributed by atoms with Crippen molar-refractivity contribution < 1.29 is 5.11 Å². The Hall–Kier alpha value is -2.81. The first-order valence-corrected chi connectivity index (χ1v) is 14.5. The normalized spacial score (nSPS) is 18.7. The third-order valence-corrected chi connectivity index (χ3v) is 9.60. The van der Waals surface area contributed by atoms with Crippen LogP contribution in [0.2, 0.25) is 0 Å². The molecule has 1 aromatic carbocycles. The molecule has 0 amide bonds. The zero-order chi connectivity index (χ0) is 28.3. The number of nitrogens with one attached hydrogen (secondary N) is 3. The minimum atomic E-state index is -0.827. The van der Waals surface area contributed by atoms with Crippen molar-refractivity contribution in [2.45, 2.75) is 89.1 Å². The van der Waals surface area contributed by atoms with E-state index in [-0.39, 0.29) is 15.7 Å². The number of H-pyrrole nitrogens is 3. The first-order chi connectivity index (χ1) is 18.1. The van der Waals surface area contributed by atoms with Crippen molar-refractivity contribution in [2.75, 3.05) is 7.05 Å². The minimum absolute atomic E-state index is 0.0865. The summed E-state index contributed by atoms with van der Waals surface area (Å²) in [6.45, 7) is 15.8. The van der Waals surface area contributed by atoms with Crippen molar-refractivity contribution in [1.29, 1.82) is 0 Å². The molecule has 0 fully saturated rings.